The zero-order valence-electron chi connectivity index (χ0n) is 18.4. The summed E-state index contributed by atoms with van der Waals surface area (Å²) in [4.78, 5) is 28.1. The van der Waals surface area contributed by atoms with Crippen LogP contribution in [0.2, 0.25) is 0 Å². The Morgan fingerprint density at radius 2 is 1.72 bits per heavy atom. The number of carbonyl (C=O) groups excluding carboxylic acids is 2. The average Bonchev–Trinajstić information content (AvgIpc) is 3.26. The second-order valence-corrected chi connectivity index (χ2v) is 8.05. The van der Waals surface area contributed by atoms with E-state index in [9.17, 15) is 18.4 Å². The van der Waals surface area contributed by atoms with E-state index in [-0.39, 0.29) is 23.8 Å². The van der Waals surface area contributed by atoms with Crippen LogP contribution in [-0.2, 0) is 6.54 Å². The zero-order valence-corrected chi connectivity index (χ0v) is 18.4. The summed E-state index contributed by atoms with van der Waals surface area (Å²) in [6, 6.07) is 8.54. The molecule has 0 radical (unpaired) electrons. The van der Waals surface area contributed by atoms with Gasteiger partial charge in [0.25, 0.3) is 5.91 Å². The number of urea groups is 1. The number of benzene rings is 2. The molecule has 3 rings (SSSR count). The first-order chi connectivity index (χ1) is 15.3. The fourth-order valence-corrected chi connectivity index (χ4v) is 3.56. The summed E-state index contributed by atoms with van der Waals surface area (Å²) >= 11 is 0. The minimum Gasteiger partial charge on any atom is -0.367 e. The molecule has 1 heterocycles. The topological polar surface area (TPSA) is 76.7 Å². The molecule has 3 amide bonds. The number of nitrogens with zero attached hydrogens (tertiary/aromatic N) is 2. The Kier molecular flexibility index (Phi) is 7.99. The van der Waals surface area contributed by atoms with Gasteiger partial charge in [-0.1, -0.05) is 12.1 Å². The van der Waals surface area contributed by atoms with Gasteiger partial charge in [-0.25, -0.2) is 13.6 Å². The molecule has 0 bridgehead atoms. The van der Waals surface area contributed by atoms with Crippen molar-refractivity contribution < 1.29 is 18.4 Å². The maximum absolute atomic E-state index is 14.4. The lowest BCUT2D eigenvalue weighted by atomic mass is 10.1. The van der Waals surface area contributed by atoms with Crippen LogP contribution < -0.4 is 20.9 Å². The molecule has 0 spiro atoms. The van der Waals surface area contributed by atoms with Gasteiger partial charge in [0.1, 0.15) is 5.69 Å². The van der Waals surface area contributed by atoms with Gasteiger partial charge in [0.2, 0.25) is 0 Å². The van der Waals surface area contributed by atoms with Crippen LogP contribution in [0.25, 0.3) is 0 Å². The molecule has 3 N–H and O–H groups in total. The van der Waals surface area contributed by atoms with Crippen LogP contribution in [0.5, 0.6) is 0 Å². The van der Waals surface area contributed by atoms with Crippen molar-refractivity contribution in [3.05, 3.63) is 59.2 Å². The van der Waals surface area contributed by atoms with Gasteiger partial charge in [0.05, 0.1) is 0 Å². The van der Waals surface area contributed by atoms with E-state index in [0.717, 1.165) is 37.1 Å². The van der Waals surface area contributed by atoms with Crippen LogP contribution in [0.3, 0.4) is 0 Å². The molecule has 9 heteroatoms. The number of halogens is 2. The summed E-state index contributed by atoms with van der Waals surface area (Å²) in [6.45, 7) is 2.65. The van der Waals surface area contributed by atoms with Crippen molar-refractivity contribution in [1.82, 2.24) is 15.5 Å². The zero-order chi connectivity index (χ0) is 23.1. The van der Waals surface area contributed by atoms with Crippen LogP contribution in [0, 0.1) is 11.6 Å². The molecule has 2 aromatic carbocycles. The molecular weight excluding hydrogens is 416 g/mol. The Balaban J connectivity index is 1.54. The fraction of sp³-hybridized carbons (Fsp3) is 0.391. The van der Waals surface area contributed by atoms with E-state index in [1.54, 1.807) is 29.2 Å². The third-order valence-electron chi connectivity index (χ3n) is 5.18. The smallest absolute Gasteiger partial charge is 0.319 e. The molecule has 0 atom stereocenters. The molecule has 1 saturated heterocycles. The first-order valence-electron chi connectivity index (χ1n) is 10.6. The van der Waals surface area contributed by atoms with Gasteiger partial charge in [0.15, 0.2) is 11.6 Å². The molecule has 0 saturated carbocycles. The lowest BCUT2D eigenvalue weighted by molar-refractivity contribution is 0.0951. The Hall–Kier alpha value is -3.20. The average molecular weight is 446 g/mol. The van der Waals surface area contributed by atoms with E-state index in [4.69, 9.17) is 0 Å². The Labute approximate surface area is 186 Å². The van der Waals surface area contributed by atoms with E-state index in [0.29, 0.717) is 25.2 Å². The molecule has 172 valence electrons. The van der Waals surface area contributed by atoms with Gasteiger partial charge in [-0.3, -0.25) is 4.79 Å². The lowest BCUT2D eigenvalue weighted by Gasteiger charge is -2.20. The molecule has 1 fully saturated rings. The third-order valence-corrected chi connectivity index (χ3v) is 5.18. The van der Waals surface area contributed by atoms with E-state index in [2.05, 4.69) is 16.0 Å². The van der Waals surface area contributed by atoms with Crippen LogP contribution >= 0.6 is 0 Å². The quantitative estimate of drug-likeness (QED) is 0.583. The number of anilines is 2. The number of nitrogens with one attached hydrogen (secondary N) is 3. The number of hydrogen-bond donors (Lipinski definition) is 3. The number of amides is 3. The SMILES string of the molecule is CN(C)CCNC(=O)c1cccc(CNC(=O)Nc2cc(F)c(N3CCCC3)c(F)c2)c1. The monoisotopic (exact) mass is 445 g/mol. The minimum absolute atomic E-state index is 0.0365. The van der Waals surface area contributed by atoms with E-state index < -0.39 is 17.7 Å². The fourth-order valence-electron chi connectivity index (χ4n) is 3.56. The maximum atomic E-state index is 14.4. The van der Waals surface area contributed by atoms with Gasteiger partial charge in [0, 0.05) is 44.0 Å². The summed E-state index contributed by atoms with van der Waals surface area (Å²) < 4.78 is 28.8. The molecule has 0 aromatic heterocycles. The second kappa shape index (κ2) is 10.9. The largest absolute Gasteiger partial charge is 0.367 e. The summed E-state index contributed by atoms with van der Waals surface area (Å²) in [5.41, 5.74) is 1.20. The maximum Gasteiger partial charge on any atom is 0.319 e. The number of rotatable bonds is 8. The number of carbonyl (C=O) groups is 2. The normalized spacial score (nSPS) is 13.3. The highest BCUT2D eigenvalue weighted by atomic mass is 19.1. The highest BCUT2D eigenvalue weighted by Gasteiger charge is 2.21. The first-order valence-corrected chi connectivity index (χ1v) is 10.6. The summed E-state index contributed by atoms with van der Waals surface area (Å²) in [5.74, 6) is -1.59. The second-order valence-electron chi connectivity index (χ2n) is 8.05. The standard InChI is InChI=1S/C23H29F2N5O2/c1-29(2)11-8-26-22(31)17-7-5-6-16(12-17)15-27-23(32)28-18-13-19(24)21(20(25)14-18)30-9-3-4-10-30/h5-7,12-14H,3-4,8-11,15H2,1-2H3,(H,26,31)(H2,27,28,32). The van der Waals surface area contributed by atoms with Gasteiger partial charge in [-0.05, 0) is 56.8 Å². The van der Waals surface area contributed by atoms with E-state index in [1.165, 1.54) is 0 Å². The molecule has 2 aromatic rings. The van der Waals surface area contributed by atoms with Crippen LogP contribution in [0.15, 0.2) is 36.4 Å². The lowest BCUT2D eigenvalue weighted by Crippen LogP contribution is -2.31. The molecule has 0 aliphatic carbocycles. The minimum atomic E-state index is -0.699. The number of hydrogen-bond acceptors (Lipinski definition) is 4. The third kappa shape index (κ3) is 6.40. The van der Waals surface area contributed by atoms with Gasteiger partial charge in [-0.15, -0.1) is 0 Å². The predicted molar refractivity (Wildman–Crippen MR) is 121 cm³/mol. The Bertz CT molecular complexity index is 938. The van der Waals surface area contributed by atoms with Crippen molar-refractivity contribution in [3.8, 4) is 0 Å². The highest BCUT2D eigenvalue weighted by molar-refractivity contribution is 5.94. The Morgan fingerprint density at radius 1 is 1.03 bits per heavy atom. The van der Waals surface area contributed by atoms with Crippen molar-refractivity contribution in [2.24, 2.45) is 0 Å². The summed E-state index contributed by atoms with van der Waals surface area (Å²) in [7, 11) is 3.85. The molecular formula is C23H29F2N5O2. The summed E-state index contributed by atoms with van der Waals surface area (Å²) in [5, 5.41) is 7.93. The Morgan fingerprint density at radius 3 is 2.38 bits per heavy atom. The van der Waals surface area contributed by atoms with Crippen molar-refractivity contribution in [1.29, 1.82) is 0 Å². The highest BCUT2D eigenvalue weighted by Crippen LogP contribution is 2.29. The van der Waals surface area contributed by atoms with Crippen molar-refractivity contribution in [2.75, 3.05) is 50.5 Å². The van der Waals surface area contributed by atoms with Crippen molar-refractivity contribution in [2.45, 2.75) is 19.4 Å². The molecule has 1 aliphatic heterocycles. The van der Waals surface area contributed by atoms with Crippen molar-refractivity contribution >= 4 is 23.3 Å². The first kappa shape index (κ1) is 23.5. The molecule has 32 heavy (non-hydrogen) atoms. The molecule has 0 unspecified atom stereocenters. The molecule has 1 aliphatic rings. The van der Waals surface area contributed by atoms with Crippen LogP contribution in [0.1, 0.15) is 28.8 Å². The molecule has 7 nitrogen and oxygen atoms in total. The summed E-state index contributed by atoms with van der Waals surface area (Å²) in [6.07, 6.45) is 1.81. The van der Waals surface area contributed by atoms with Gasteiger partial charge < -0.3 is 25.8 Å². The van der Waals surface area contributed by atoms with E-state index in [1.807, 2.05) is 19.0 Å². The predicted octanol–water partition coefficient (Wildman–Crippen LogP) is 3.18. The van der Waals surface area contributed by atoms with Crippen molar-refractivity contribution in [3.63, 3.8) is 0 Å². The number of likely N-dealkylation sites (N-methyl/N-ethyl adjacent to an activating group) is 1. The van der Waals surface area contributed by atoms with Crippen LogP contribution in [0.4, 0.5) is 25.0 Å². The van der Waals surface area contributed by atoms with Crippen LogP contribution in [-0.4, -0.2) is 57.1 Å². The van der Waals surface area contributed by atoms with E-state index >= 15 is 0 Å². The van der Waals surface area contributed by atoms with Gasteiger partial charge >= 0.3 is 6.03 Å². The van der Waals surface area contributed by atoms with Gasteiger partial charge in [-0.2, -0.15) is 0 Å².